The van der Waals surface area contributed by atoms with E-state index in [-0.39, 0.29) is 18.4 Å². The molecule has 6 nitrogen and oxygen atoms in total. The van der Waals surface area contributed by atoms with Gasteiger partial charge in [-0.15, -0.1) is 0 Å². The van der Waals surface area contributed by atoms with Crippen molar-refractivity contribution in [3.05, 3.63) is 71.0 Å². The number of likely N-dealkylation sites (N-methyl/N-ethyl adjacent to an activating group) is 1. The van der Waals surface area contributed by atoms with Crippen LogP contribution in [0.5, 0.6) is 0 Å². The summed E-state index contributed by atoms with van der Waals surface area (Å²) in [5.41, 5.74) is 2.99. The zero-order valence-corrected chi connectivity index (χ0v) is 17.5. The van der Waals surface area contributed by atoms with Gasteiger partial charge in [-0.05, 0) is 37.2 Å². The van der Waals surface area contributed by atoms with Crippen LogP contribution in [0.3, 0.4) is 0 Å². The summed E-state index contributed by atoms with van der Waals surface area (Å²) in [6.45, 7) is 6.10. The van der Waals surface area contributed by atoms with Crippen LogP contribution in [0.15, 0.2) is 48.5 Å². The third-order valence-corrected chi connectivity index (χ3v) is 5.47. The van der Waals surface area contributed by atoms with E-state index in [0.29, 0.717) is 6.54 Å². The van der Waals surface area contributed by atoms with E-state index in [1.54, 1.807) is 12.1 Å². The van der Waals surface area contributed by atoms with Crippen molar-refractivity contribution in [3.63, 3.8) is 0 Å². The van der Waals surface area contributed by atoms with Crippen LogP contribution in [0.2, 0.25) is 0 Å². The summed E-state index contributed by atoms with van der Waals surface area (Å²) in [6, 6.07) is 14.0. The van der Waals surface area contributed by atoms with Crippen molar-refractivity contribution in [2.75, 3.05) is 39.8 Å². The summed E-state index contributed by atoms with van der Waals surface area (Å²) in [5.74, 6) is -1.62. The molecule has 1 aliphatic rings. The second-order valence-electron chi connectivity index (χ2n) is 7.78. The van der Waals surface area contributed by atoms with Gasteiger partial charge in [0.05, 0.1) is 6.04 Å². The quantitative estimate of drug-likeness (QED) is 0.711. The SMILES string of the molecule is Cc1ccc(CNC(=O)C(=O)NC[C@@H](c2ccc(F)cc2)N2CCN(C)CC2)cc1. The molecule has 0 radical (unpaired) electrons. The second-order valence-corrected chi connectivity index (χ2v) is 7.78. The first-order chi connectivity index (χ1) is 14.4. The summed E-state index contributed by atoms with van der Waals surface area (Å²) >= 11 is 0. The van der Waals surface area contributed by atoms with Crippen LogP contribution in [-0.2, 0) is 16.1 Å². The summed E-state index contributed by atoms with van der Waals surface area (Å²) in [7, 11) is 2.07. The van der Waals surface area contributed by atoms with E-state index in [9.17, 15) is 14.0 Å². The van der Waals surface area contributed by atoms with E-state index in [4.69, 9.17) is 0 Å². The van der Waals surface area contributed by atoms with E-state index >= 15 is 0 Å². The Morgan fingerprint density at radius 2 is 1.53 bits per heavy atom. The lowest BCUT2D eigenvalue weighted by Gasteiger charge is -2.38. The molecule has 30 heavy (non-hydrogen) atoms. The minimum Gasteiger partial charge on any atom is -0.346 e. The molecule has 0 unspecified atom stereocenters. The number of carbonyl (C=O) groups excluding carboxylic acids is 2. The lowest BCUT2D eigenvalue weighted by Crippen LogP contribution is -2.49. The molecule has 1 fully saturated rings. The number of nitrogens with zero attached hydrogens (tertiary/aromatic N) is 2. The predicted molar refractivity (Wildman–Crippen MR) is 114 cm³/mol. The van der Waals surface area contributed by atoms with Gasteiger partial charge < -0.3 is 15.5 Å². The monoisotopic (exact) mass is 412 g/mol. The first kappa shape index (κ1) is 21.9. The Hall–Kier alpha value is -2.77. The third kappa shape index (κ3) is 6.11. The van der Waals surface area contributed by atoms with E-state index in [0.717, 1.165) is 42.9 Å². The van der Waals surface area contributed by atoms with Gasteiger partial charge in [0, 0.05) is 39.3 Å². The smallest absolute Gasteiger partial charge is 0.309 e. The van der Waals surface area contributed by atoms with Crippen LogP contribution in [0, 0.1) is 12.7 Å². The van der Waals surface area contributed by atoms with Crippen LogP contribution >= 0.6 is 0 Å². The molecule has 3 rings (SSSR count). The molecule has 2 N–H and O–H groups in total. The summed E-state index contributed by atoms with van der Waals surface area (Å²) in [5, 5.41) is 5.40. The van der Waals surface area contributed by atoms with E-state index < -0.39 is 11.8 Å². The number of carbonyl (C=O) groups is 2. The molecule has 2 amide bonds. The molecule has 1 atom stereocenters. The van der Waals surface area contributed by atoms with Crippen molar-refractivity contribution >= 4 is 11.8 Å². The first-order valence-electron chi connectivity index (χ1n) is 10.2. The molecule has 160 valence electrons. The highest BCUT2D eigenvalue weighted by molar-refractivity contribution is 6.35. The van der Waals surface area contributed by atoms with E-state index in [1.807, 2.05) is 31.2 Å². The number of hydrogen-bond acceptors (Lipinski definition) is 4. The zero-order chi connectivity index (χ0) is 21.5. The molecule has 0 saturated carbocycles. The van der Waals surface area contributed by atoms with Crippen LogP contribution in [0.25, 0.3) is 0 Å². The minimum atomic E-state index is -0.664. The molecule has 0 spiro atoms. The van der Waals surface area contributed by atoms with Gasteiger partial charge in [-0.1, -0.05) is 42.0 Å². The maximum absolute atomic E-state index is 13.4. The highest BCUT2D eigenvalue weighted by atomic mass is 19.1. The molecule has 0 aromatic heterocycles. The normalized spacial score (nSPS) is 16.1. The number of amides is 2. The second kappa shape index (κ2) is 10.3. The number of piperazine rings is 1. The third-order valence-electron chi connectivity index (χ3n) is 5.47. The number of aryl methyl sites for hydroxylation is 1. The maximum atomic E-state index is 13.4. The summed E-state index contributed by atoms with van der Waals surface area (Å²) in [6.07, 6.45) is 0. The van der Waals surface area contributed by atoms with E-state index in [1.165, 1.54) is 12.1 Å². The standard InChI is InChI=1S/C23H29FN4O2/c1-17-3-5-18(6-4-17)15-25-22(29)23(30)26-16-21(19-7-9-20(24)10-8-19)28-13-11-27(2)12-14-28/h3-10,21H,11-16H2,1-2H3,(H,25,29)(H,26,30)/t21-/m0/s1. The van der Waals surface area contributed by atoms with E-state index in [2.05, 4.69) is 27.5 Å². The fourth-order valence-electron chi connectivity index (χ4n) is 3.51. The van der Waals surface area contributed by atoms with Gasteiger partial charge in [0.2, 0.25) is 0 Å². The van der Waals surface area contributed by atoms with Crippen LogP contribution in [0.4, 0.5) is 4.39 Å². The number of nitrogens with one attached hydrogen (secondary N) is 2. The van der Waals surface area contributed by atoms with Crippen molar-refractivity contribution in [2.45, 2.75) is 19.5 Å². The molecule has 1 aliphatic heterocycles. The Labute approximate surface area is 177 Å². The van der Waals surface area contributed by atoms with Crippen molar-refractivity contribution in [1.82, 2.24) is 20.4 Å². The Morgan fingerprint density at radius 3 is 2.17 bits per heavy atom. The first-order valence-corrected chi connectivity index (χ1v) is 10.2. The van der Waals surface area contributed by atoms with Crippen molar-refractivity contribution in [1.29, 1.82) is 0 Å². The predicted octanol–water partition coefficient (Wildman–Crippen LogP) is 1.86. The summed E-state index contributed by atoms with van der Waals surface area (Å²) < 4.78 is 13.4. The average Bonchev–Trinajstić information content (AvgIpc) is 2.75. The molecule has 1 heterocycles. The highest BCUT2D eigenvalue weighted by Crippen LogP contribution is 2.22. The molecule has 0 bridgehead atoms. The highest BCUT2D eigenvalue weighted by Gasteiger charge is 2.25. The molecular weight excluding hydrogens is 383 g/mol. The minimum absolute atomic E-state index is 0.117. The molecule has 0 aliphatic carbocycles. The van der Waals surface area contributed by atoms with Gasteiger partial charge in [0.15, 0.2) is 0 Å². The van der Waals surface area contributed by atoms with Gasteiger partial charge >= 0.3 is 11.8 Å². The molecule has 2 aromatic carbocycles. The van der Waals surface area contributed by atoms with Gasteiger partial charge in [-0.3, -0.25) is 14.5 Å². The molecule has 1 saturated heterocycles. The number of hydrogen-bond donors (Lipinski definition) is 2. The molecule has 2 aromatic rings. The van der Waals surface area contributed by atoms with Crippen molar-refractivity contribution in [3.8, 4) is 0 Å². The average molecular weight is 413 g/mol. The largest absolute Gasteiger partial charge is 0.346 e. The van der Waals surface area contributed by atoms with Crippen LogP contribution < -0.4 is 10.6 Å². The zero-order valence-electron chi connectivity index (χ0n) is 17.5. The molecular formula is C23H29FN4O2. The van der Waals surface area contributed by atoms with Gasteiger partial charge in [-0.25, -0.2) is 4.39 Å². The topological polar surface area (TPSA) is 64.7 Å². The maximum Gasteiger partial charge on any atom is 0.309 e. The molecule has 7 heteroatoms. The Balaban J connectivity index is 1.58. The van der Waals surface area contributed by atoms with Gasteiger partial charge in [0.1, 0.15) is 5.82 Å². The van der Waals surface area contributed by atoms with Crippen molar-refractivity contribution in [2.24, 2.45) is 0 Å². The van der Waals surface area contributed by atoms with Crippen molar-refractivity contribution < 1.29 is 14.0 Å². The number of halogens is 1. The summed E-state index contributed by atoms with van der Waals surface area (Å²) in [4.78, 5) is 29.0. The van der Waals surface area contributed by atoms with Crippen LogP contribution in [-0.4, -0.2) is 61.4 Å². The fourth-order valence-corrected chi connectivity index (χ4v) is 3.51. The van der Waals surface area contributed by atoms with Gasteiger partial charge in [0.25, 0.3) is 0 Å². The lowest BCUT2D eigenvalue weighted by atomic mass is 10.0. The Morgan fingerprint density at radius 1 is 0.933 bits per heavy atom. The Bertz CT molecular complexity index is 847. The number of rotatable bonds is 6. The lowest BCUT2D eigenvalue weighted by molar-refractivity contribution is -0.139. The van der Waals surface area contributed by atoms with Crippen LogP contribution in [0.1, 0.15) is 22.7 Å². The Kier molecular flexibility index (Phi) is 7.54. The van der Waals surface area contributed by atoms with Gasteiger partial charge in [-0.2, -0.15) is 0 Å². The number of benzene rings is 2. The fraction of sp³-hybridized carbons (Fsp3) is 0.391.